The van der Waals surface area contributed by atoms with Crippen LogP contribution < -0.4 is 5.32 Å². The molecule has 0 radical (unpaired) electrons. The first kappa shape index (κ1) is 12.6. The molecule has 18 heavy (non-hydrogen) atoms. The van der Waals surface area contributed by atoms with E-state index < -0.39 is 0 Å². The van der Waals surface area contributed by atoms with E-state index in [-0.39, 0.29) is 0 Å². The Morgan fingerprint density at radius 2 is 2.17 bits per heavy atom. The van der Waals surface area contributed by atoms with Gasteiger partial charge in [0.2, 0.25) is 0 Å². The molecule has 0 spiro atoms. The third-order valence-electron chi connectivity index (χ3n) is 4.22. The van der Waals surface area contributed by atoms with Gasteiger partial charge in [-0.15, -0.1) is 0 Å². The molecule has 0 aromatic heterocycles. The lowest BCUT2D eigenvalue weighted by Crippen LogP contribution is -2.18. The smallest absolute Gasteiger partial charge is 0.0499 e. The second-order valence-electron chi connectivity index (χ2n) is 5.50. The highest BCUT2D eigenvalue weighted by atomic mass is 79.9. The van der Waals surface area contributed by atoms with E-state index in [2.05, 4.69) is 39.5 Å². The van der Waals surface area contributed by atoms with Gasteiger partial charge in [0.25, 0.3) is 0 Å². The number of fused-ring (bicyclic) bond motifs is 2. The molecule has 0 aliphatic heterocycles. The molecule has 1 aromatic carbocycles. The number of nitrogens with one attached hydrogen (secondary N) is 1. The van der Waals surface area contributed by atoms with Crippen LogP contribution in [-0.4, -0.2) is 6.54 Å². The van der Waals surface area contributed by atoms with Gasteiger partial charge < -0.3 is 5.32 Å². The lowest BCUT2D eigenvalue weighted by molar-refractivity contribution is 0.472. The minimum Gasteiger partial charge on any atom is -0.384 e. The predicted molar refractivity (Wildman–Crippen MR) is 81.2 cm³/mol. The first-order valence-corrected chi connectivity index (χ1v) is 7.68. The summed E-state index contributed by atoms with van der Waals surface area (Å²) in [6.45, 7) is 3.07. The SMILES string of the molecule is Cc1cc(Br)c(NCC2CC3C=CC2C3)cc1Cl. The van der Waals surface area contributed by atoms with E-state index in [4.69, 9.17) is 11.6 Å². The standard InChI is InChI=1S/C15H17BrClN/c1-9-4-13(16)15(7-14(9)17)18-8-12-6-10-2-3-11(12)5-10/h2-4,7,10-12,18H,5-6,8H2,1H3. The van der Waals surface area contributed by atoms with Crippen LogP contribution in [0.5, 0.6) is 0 Å². The third-order valence-corrected chi connectivity index (χ3v) is 5.28. The fourth-order valence-electron chi connectivity index (χ4n) is 3.15. The van der Waals surface area contributed by atoms with Gasteiger partial charge in [0.1, 0.15) is 0 Å². The van der Waals surface area contributed by atoms with E-state index in [9.17, 15) is 0 Å². The summed E-state index contributed by atoms with van der Waals surface area (Å²) in [7, 11) is 0. The number of allylic oxidation sites excluding steroid dienone is 2. The topological polar surface area (TPSA) is 12.0 Å². The van der Waals surface area contributed by atoms with Crippen LogP contribution in [0.25, 0.3) is 0 Å². The number of rotatable bonds is 3. The molecule has 3 heteroatoms. The molecule has 1 saturated carbocycles. The van der Waals surface area contributed by atoms with E-state index in [1.165, 1.54) is 12.8 Å². The van der Waals surface area contributed by atoms with E-state index in [1.54, 1.807) is 0 Å². The summed E-state index contributed by atoms with van der Waals surface area (Å²) in [6, 6.07) is 4.09. The minimum atomic E-state index is 0.784. The minimum absolute atomic E-state index is 0.784. The Kier molecular flexibility index (Phi) is 3.42. The second kappa shape index (κ2) is 4.90. The molecule has 3 atom stereocenters. The van der Waals surface area contributed by atoms with Crippen molar-refractivity contribution in [3.63, 3.8) is 0 Å². The Morgan fingerprint density at radius 1 is 1.33 bits per heavy atom. The first-order valence-electron chi connectivity index (χ1n) is 6.51. The quantitative estimate of drug-likeness (QED) is 0.768. The van der Waals surface area contributed by atoms with Crippen molar-refractivity contribution >= 4 is 33.2 Å². The Hall–Kier alpha value is -0.470. The van der Waals surface area contributed by atoms with Crippen LogP contribution in [0.15, 0.2) is 28.8 Å². The van der Waals surface area contributed by atoms with Gasteiger partial charge >= 0.3 is 0 Å². The highest BCUT2D eigenvalue weighted by Gasteiger charge is 2.35. The average molecular weight is 327 g/mol. The zero-order valence-corrected chi connectivity index (χ0v) is 12.8. The summed E-state index contributed by atoms with van der Waals surface area (Å²) >= 11 is 9.77. The fraction of sp³-hybridized carbons (Fsp3) is 0.467. The van der Waals surface area contributed by atoms with Crippen molar-refractivity contribution in [3.8, 4) is 0 Å². The van der Waals surface area contributed by atoms with E-state index >= 15 is 0 Å². The van der Waals surface area contributed by atoms with Crippen LogP contribution in [0.3, 0.4) is 0 Å². The monoisotopic (exact) mass is 325 g/mol. The molecule has 96 valence electrons. The molecule has 3 rings (SSSR count). The largest absolute Gasteiger partial charge is 0.384 e. The third kappa shape index (κ3) is 2.33. The van der Waals surface area contributed by atoms with Gasteiger partial charge in [-0.25, -0.2) is 0 Å². The molecule has 2 bridgehead atoms. The number of anilines is 1. The molecule has 2 aliphatic carbocycles. The van der Waals surface area contributed by atoms with E-state index in [0.717, 1.165) is 45.0 Å². The summed E-state index contributed by atoms with van der Waals surface area (Å²) in [5, 5.41) is 4.37. The van der Waals surface area contributed by atoms with Crippen LogP contribution in [-0.2, 0) is 0 Å². The van der Waals surface area contributed by atoms with Crippen molar-refractivity contribution in [3.05, 3.63) is 39.3 Å². The lowest BCUT2D eigenvalue weighted by atomic mass is 9.93. The van der Waals surface area contributed by atoms with Crippen LogP contribution in [0.2, 0.25) is 5.02 Å². The second-order valence-corrected chi connectivity index (χ2v) is 6.76. The normalized spacial score (nSPS) is 28.9. The molecule has 1 nitrogen and oxygen atoms in total. The number of aryl methyl sites for hydroxylation is 1. The van der Waals surface area contributed by atoms with Gasteiger partial charge in [0.05, 0.1) is 0 Å². The van der Waals surface area contributed by atoms with E-state index in [0.29, 0.717) is 0 Å². The Morgan fingerprint density at radius 3 is 2.83 bits per heavy atom. The molecular weight excluding hydrogens is 310 g/mol. The number of halogens is 2. The van der Waals surface area contributed by atoms with Crippen molar-refractivity contribution in [1.29, 1.82) is 0 Å². The van der Waals surface area contributed by atoms with Crippen molar-refractivity contribution < 1.29 is 0 Å². The average Bonchev–Trinajstić information content (AvgIpc) is 2.94. The molecule has 0 amide bonds. The summed E-state index contributed by atoms with van der Waals surface area (Å²) in [5.41, 5.74) is 2.22. The fourth-order valence-corrected chi connectivity index (χ4v) is 3.91. The molecule has 0 heterocycles. The van der Waals surface area contributed by atoms with Gasteiger partial charge in [-0.05, 0) is 71.1 Å². The van der Waals surface area contributed by atoms with Crippen LogP contribution in [0.4, 0.5) is 5.69 Å². The molecule has 2 aliphatic rings. The summed E-state index contributed by atoms with van der Waals surface area (Å²) in [4.78, 5) is 0. The molecular formula is C15H17BrClN. The number of hydrogen-bond donors (Lipinski definition) is 1. The number of benzene rings is 1. The van der Waals surface area contributed by atoms with Gasteiger partial charge in [-0.1, -0.05) is 23.8 Å². The zero-order valence-electron chi connectivity index (χ0n) is 10.4. The number of hydrogen-bond acceptors (Lipinski definition) is 1. The Bertz CT molecular complexity index is 498. The van der Waals surface area contributed by atoms with E-state index in [1.807, 2.05) is 13.0 Å². The summed E-state index contributed by atoms with van der Waals surface area (Å²) in [5.74, 6) is 2.42. The Balaban J connectivity index is 1.67. The van der Waals surface area contributed by atoms with Gasteiger partial charge in [-0.3, -0.25) is 0 Å². The highest BCUT2D eigenvalue weighted by Crippen LogP contribution is 2.43. The summed E-state index contributed by atoms with van der Waals surface area (Å²) in [6.07, 6.45) is 7.49. The summed E-state index contributed by atoms with van der Waals surface area (Å²) < 4.78 is 1.10. The maximum absolute atomic E-state index is 6.17. The zero-order chi connectivity index (χ0) is 12.7. The lowest BCUT2D eigenvalue weighted by Gasteiger charge is -2.20. The highest BCUT2D eigenvalue weighted by molar-refractivity contribution is 9.10. The van der Waals surface area contributed by atoms with Crippen LogP contribution in [0, 0.1) is 24.7 Å². The van der Waals surface area contributed by atoms with Gasteiger partial charge in [-0.2, -0.15) is 0 Å². The molecule has 1 N–H and O–H groups in total. The molecule has 3 unspecified atom stereocenters. The molecule has 1 aromatic rings. The Labute approximate surface area is 122 Å². The van der Waals surface area contributed by atoms with Crippen LogP contribution in [0.1, 0.15) is 18.4 Å². The van der Waals surface area contributed by atoms with Crippen LogP contribution >= 0.6 is 27.5 Å². The van der Waals surface area contributed by atoms with Crippen molar-refractivity contribution in [2.45, 2.75) is 19.8 Å². The molecule has 0 saturated heterocycles. The maximum Gasteiger partial charge on any atom is 0.0499 e. The van der Waals surface area contributed by atoms with Crippen molar-refractivity contribution in [1.82, 2.24) is 0 Å². The predicted octanol–water partition coefficient (Wildman–Crippen LogP) is 5.04. The first-order chi connectivity index (χ1) is 8.63. The van der Waals surface area contributed by atoms with Gasteiger partial charge in [0.15, 0.2) is 0 Å². The molecule has 1 fully saturated rings. The van der Waals surface area contributed by atoms with Crippen molar-refractivity contribution in [2.75, 3.05) is 11.9 Å². The maximum atomic E-state index is 6.17. The van der Waals surface area contributed by atoms with Crippen molar-refractivity contribution in [2.24, 2.45) is 17.8 Å². The van der Waals surface area contributed by atoms with Gasteiger partial charge in [0, 0.05) is 21.7 Å².